The number of amides is 1. The second kappa shape index (κ2) is 10.2. The lowest BCUT2D eigenvalue weighted by atomic mass is 9.85. The Morgan fingerprint density at radius 2 is 1.80 bits per heavy atom. The highest BCUT2D eigenvalue weighted by atomic mass is 35.5. The second-order valence-electron chi connectivity index (χ2n) is 6.85. The highest BCUT2D eigenvalue weighted by molar-refractivity contribution is 5.96. The van der Waals surface area contributed by atoms with E-state index in [4.69, 9.17) is 5.73 Å². The summed E-state index contributed by atoms with van der Waals surface area (Å²) in [6.07, 6.45) is 5.12. The lowest BCUT2D eigenvalue weighted by molar-refractivity contribution is -0.120. The number of halogens is 2. The standard InChI is InChI=1S/C18H27N3O2.2ClH/c19-14-5-3-4-13(12-14)18(23)20-16-6-1-2-7-17(16)21-10-8-15(22)9-11-21;;/h1-2,6-7,13-15,22H,3-5,8-12,19H2,(H,20,23);2*1H. The molecule has 0 aromatic heterocycles. The summed E-state index contributed by atoms with van der Waals surface area (Å²) in [4.78, 5) is 14.8. The first kappa shape index (κ1) is 22.0. The number of nitrogens with one attached hydrogen (secondary N) is 1. The fourth-order valence-electron chi connectivity index (χ4n) is 3.66. The van der Waals surface area contributed by atoms with Gasteiger partial charge in [-0.2, -0.15) is 0 Å². The third kappa shape index (κ3) is 5.74. The van der Waals surface area contributed by atoms with E-state index in [9.17, 15) is 9.90 Å². The average Bonchev–Trinajstić information content (AvgIpc) is 2.56. The largest absolute Gasteiger partial charge is 0.393 e. The van der Waals surface area contributed by atoms with E-state index in [2.05, 4.69) is 10.2 Å². The van der Waals surface area contributed by atoms with E-state index in [1.807, 2.05) is 24.3 Å². The molecule has 1 saturated carbocycles. The van der Waals surface area contributed by atoms with Crippen molar-refractivity contribution in [2.75, 3.05) is 23.3 Å². The summed E-state index contributed by atoms with van der Waals surface area (Å²) >= 11 is 0. The molecule has 2 fully saturated rings. The van der Waals surface area contributed by atoms with Crippen LogP contribution in [0.3, 0.4) is 0 Å². The molecule has 1 aliphatic carbocycles. The van der Waals surface area contributed by atoms with Gasteiger partial charge in [0.05, 0.1) is 17.5 Å². The number of nitrogens with zero attached hydrogens (tertiary/aromatic N) is 1. The van der Waals surface area contributed by atoms with Crippen LogP contribution in [0, 0.1) is 5.92 Å². The van der Waals surface area contributed by atoms with Crippen molar-refractivity contribution in [1.29, 1.82) is 0 Å². The minimum atomic E-state index is -0.197. The maximum Gasteiger partial charge on any atom is 0.227 e. The van der Waals surface area contributed by atoms with E-state index in [1.54, 1.807) is 0 Å². The number of aliphatic hydroxyl groups excluding tert-OH is 1. The fourth-order valence-corrected chi connectivity index (χ4v) is 3.66. The Bertz CT molecular complexity index is 551. The lowest BCUT2D eigenvalue weighted by Gasteiger charge is -2.33. The normalized spacial score (nSPS) is 24.0. The number of piperidine rings is 1. The molecule has 3 rings (SSSR count). The number of aliphatic hydroxyl groups is 1. The van der Waals surface area contributed by atoms with Crippen LogP contribution in [0.15, 0.2) is 24.3 Å². The van der Waals surface area contributed by atoms with Gasteiger partial charge >= 0.3 is 0 Å². The summed E-state index contributed by atoms with van der Waals surface area (Å²) in [5.74, 6) is 0.111. The van der Waals surface area contributed by atoms with Gasteiger partial charge in [0.15, 0.2) is 0 Å². The molecule has 1 aliphatic heterocycles. The number of rotatable bonds is 3. The fraction of sp³-hybridized carbons (Fsp3) is 0.611. The highest BCUT2D eigenvalue weighted by Gasteiger charge is 2.26. The van der Waals surface area contributed by atoms with Crippen LogP contribution >= 0.6 is 24.8 Å². The molecule has 1 heterocycles. The maximum atomic E-state index is 12.6. The number of anilines is 2. The van der Waals surface area contributed by atoms with Crippen molar-refractivity contribution >= 4 is 42.1 Å². The zero-order valence-electron chi connectivity index (χ0n) is 14.4. The van der Waals surface area contributed by atoms with Crippen LogP contribution in [0.4, 0.5) is 11.4 Å². The first-order valence-corrected chi connectivity index (χ1v) is 8.72. The molecule has 2 atom stereocenters. The number of benzene rings is 1. The van der Waals surface area contributed by atoms with Crippen molar-refractivity contribution in [2.24, 2.45) is 11.7 Å². The summed E-state index contributed by atoms with van der Waals surface area (Å²) < 4.78 is 0. The van der Waals surface area contributed by atoms with Gasteiger partial charge in [-0.25, -0.2) is 0 Å². The zero-order valence-corrected chi connectivity index (χ0v) is 16.0. The van der Waals surface area contributed by atoms with Crippen molar-refractivity contribution in [3.8, 4) is 0 Å². The third-order valence-corrected chi connectivity index (χ3v) is 5.05. The van der Waals surface area contributed by atoms with Crippen molar-refractivity contribution in [3.63, 3.8) is 0 Å². The number of carbonyl (C=O) groups is 1. The Kier molecular flexibility index (Phi) is 9.00. The van der Waals surface area contributed by atoms with Gasteiger partial charge in [0.25, 0.3) is 0 Å². The molecular weight excluding hydrogens is 361 g/mol. The predicted octanol–water partition coefficient (Wildman–Crippen LogP) is 2.95. The zero-order chi connectivity index (χ0) is 16.2. The van der Waals surface area contributed by atoms with Gasteiger partial charge in [0.1, 0.15) is 0 Å². The van der Waals surface area contributed by atoms with Crippen molar-refractivity contribution in [3.05, 3.63) is 24.3 Å². The Labute approximate surface area is 162 Å². The molecule has 0 radical (unpaired) electrons. The van der Waals surface area contributed by atoms with Gasteiger partial charge in [-0.05, 0) is 44.2 Å². The van der Waals surface area contributed by atoms with E-state index in [0.717, 1.165) is 63.0 Å². The molecule has 7 heteroatoms. The number of carbonyl (C=O) groups excluding carboxylic acids is 1. The van der Waals surface area contributed by atoms with E-state index in [0.29, 0.717) is 0 Å². The van der Waals surface area contributed by atoms with Crippen molar-refractivity contribution in [1.82, 2.24) is 0 Å². The molecule has 4 N–H and O–H groups in total. The third-order valence-electron chi connectivity index (χ3n) is 5.05. The Hall–Kier alpha value is -1.01. The summed E-state index contributed by atoms with van der Waals surface area (Å²) in [6.45, 7) is 1.64. The molecule has 1 saturated heterocycles. The van der Waals surface area contributed by atoms with Gasteiger partial charge in [-0.3, -0.25) is 4.79 Å². The summed E-state index contributed by atoms with van der Waals surface area (Å²) in [5, 5.41) is 12.8. The van der Waals surface area contributed by atoms with Crippen LogP contribution in [-0.2, 0) is 4.79 Å². The second-order valence-corrected chi connectivity index (χ2v) is 6.85. The van der Waals surface area contributed by atoms with Gasteiger partial charge in [-0.1, -0.05) is 18.6 Å². The molecule has 1 aromatic rings. The van der Waals surface area contributed by atoms with Crippen molar-refractivity contribution < 1.29 is 9.90 Å². The number of hydrogen-bond acceptors (Lipinski definition) is 4. The number of hydrogen-bond donors (Lipinski definition) is 3. The average molecular weight is 390 g/mol. The monoisotopic (exact) mass is 389 g/mol. The summed E-state index contributed by atoms with van der Waals surface area (Å²) in [6, 6.07) is 8.09. The molecule has 5 nitrogen and oxygen atoms in total. The molecule has 0 bridgehead atoms. The number of para-hydroxylation sites is 2. The van der Waals surface area contributed by atoms with Crippen LogP contribution in [0.1, 0.15) is 38.5 Å². The van der Waals surface area contributed by atoms with Gasteiger partial charge in [0, 0.05) is 25.0 Å². The van der Waals surface area contributed by atoms with Crippen molar-refractivity contribution in [2.45, 2.75) is 50.7 Å². The predicted molar refractivity (Wildman–Crippen MR) is 107 cm³/mol. The Balaban J connectivity index is 0.00000156. The number of nitrogens with two attached hydrogens (primary N) is 1. The van der Waals surface area contributed by atoms with E-state index >= 15 is 0 Å². The van der Waals surface area contributed by atoms with Gasteiger partial charge in [0.2, 0.25) is 5.91 Å². The minimum Gasteiger partial charge on any atom is -0.393 e. The van der Waals surface area contributed by atoms with Gasteiger partial charge < -0.3 is 21.1 Å². The molecule has 0 spiro atoms. The molecule has 2 unspecified atom stereocenters. The molecule has 2 aliphatic rings. The minimum absolute atomic E-state index is 0. The Morgan fingerprint density at radius 1 is 1.12 bits per heavy atom. The first-order chi connectivity index (χ1) is 11.1. The SMILES string of the molecule is Cl.Cl.NC1CCCC(C(=O)Nc2ccccc2N2CCC(O)CC2)C1. The van der Waals surface area contributed by atoms with Gasteiger partial charge in [-0.15, -0.1) is 24.8 Å². The van der Waals surface area contributed by atoms with Crippen LogP contribution in [0.5, 0.6) is 0 Å². The molecule has 142 valence electrons. The molecule has 1 aromatic carbocycles. The molecule has 25 heavy (non-hydrogen) atoms. The highest BCUT2D eigenvalue weighted by Crippen LogP contribution is 2.30. The first-order valence-electron chi connectivity index (χ1n) is 8.72. The molecule has 1 amide bonds. The quantitative estimate of drug-likeness (QED) is 0.742. The van der Waals surface area contributed by atoms with E-state index < -0.39 is 0 Å². The van der Waals surface area contributed by atoms with Crippen LogP contribution in [-0.4, -0.2) is 36.2 Å². The van der Waals surface area contributed by atoms with E-state index in [-0.39, 0.29) is 48.8 Å². The lowest BCUT2D eigenvalue weighted by Crippen LogP contribution is -2.37. The topological polar surface area (TPSA) is 78.6 Å². The van der Waals surface area contributed by atoms with Crippen LogP contribution < -0.4 is 16.0 Å². The summed E-state index contributed by atoms with van der Waals surface area (Å²) in [5.41, 5.74) is 7.92. The van der Waals surface area contributed by atoms with E-state index in [1.165, 1.54) is 0 Å². The van der Waals surface area contributed by atoms with Crippen LogP contribution in [0.2, 0.25) is 0 Å². The molecular formula is C18H29Cl2N3O2. The van der Waals surface area contributed by atoms with Crippen LogP contribution in [0.25, 0.3) is 0 Å². The smallest absolute Gasteiger partial charge is 0.227 e. The Morgan fingerprint density at radius 3 is 2.48 bits per heavy atom. The maximum absolute atomic E-state index is 12.6. The summed E-state index contributed by atoms with van der Waals surface area (Å²) in [7, 11) is 0.